The molecule has 0 aliphatic heterocycles. The van der Waals surface area contributed by atoms with Crippen LogP contribution in [0, 0.1) is 0 Å². The highest BCUT2D eigenvalue weighted by Gasteiger charge is 2.09. The van der Waals surface area contributed by atoms with E-state index >= 15 is 0 Å². The lowest BCUT2D eigenvalue weighted by Crippen LogP contribution is -2.28. The van der Waals surface area contributed by atoms with Gasteiger partial charge in [0.1, 0.15) is 5.69 Å². The summed E-state index contributed by atoms with van der Waals surface area (Å²) in [6.45, 7) is 2.00. The van der Waals surface area contributed by atoms with E-state index in [0.717, 1.165) is 0 Å². The predicted molar refractivity (Wildman–Crippen MR) is 51.2 cm³/mol. The molecule has 1 aromatic rings. The summed E-state index contributed by atoms with van der Waals surface area (Å²) in [5.41, 5.74) is 2.48. The summed E-state index contributed by atoms with van der Waals surface area (Å²) in [5, 5.41) is 8.28. The number of amides is 1. The molecule has 0 spiro atoms. The van der Waals surface area contributed by atoms with Gasteiger partial charge in [0.25, 0.3) is 5.91 Å². The van der Waals surface area contributed by atoms with E-state index in [9.17, 15) is 9.59 Å². The van der Waals surface area contributed by atoms with E-state index in [-0.39, 0.29) is 0 Å². The molecule has 0 aliphatic rings. The van der Waals surface area contributed by atoms with Crippen LogP contribution in [0.5, 0.6) is 0 Å². The van der Waals surface area contributed by atoms with Crippen molar-refractivity contribution in [3.8, 4) is 0 Å². The highest BCUT2D eigenvalue weighted by Crippen LogP contribution is 2.01. The summed E-state index contributed by atoms with van der Waals surface area (Å²) >= 11 is 0. The molecule has 6 nitrogen and oxygen atoms in total. The van der Waals surface area contributed by atoms with Crippen molar-refractivity contribution in [2.45, 2.75) is 13.5 Å². The minimum absolute atomic E-state index is 0.433. The minimum Gasteiger partial charge on any atom is -0.479 e. The normalized spacial score (nSPS) is 9.93. The highest BCUT2D eigenvalue weighted by molar-refractivity contribution is 5.92. The molecule has 15 heavy (non-hydrogen) atoms. The van der Waals surface area contributed by atoms with Crippen LogP contribution in [0.15, 0.2) is 18.3 Å². The Morgan fingerprint density at radius 2 is 2.33 bits per heavy atom. The molecular formula is C9H12N2O4. The molecule has 0 radical (unpaired) electrons. The lowest BCUT2D eigenvalue weighted by atomic mass is 10.4. The van der Waals surface area contributed by atoms with Crippen molar-refractivity contribution in [1.29, 1.82) is 0 Å². The number of hydrogen-bond acceptors (Lipinski definition) is 3. The fourth-order valence-electron chi connectivity index (χ4n) is 1.11. The summed E-state index contributed by atoms with van der Waals surface area (Å²) < 4.78 is 1.72. The number of carbonyl (C=O) groups excluding carboxylic acids is 1. The average molecular weight is 212 g/mol. The fourth-order valence-corrected chi connectivity index (χ4v) is 1.11. The van der Waals surface area contributed by atoms with E-state index in [4.69, 9.17) is 5.11 Å². The zero-order chi connectivity index (χ0) is 11.3. The topological polar surface area (TPSA) is 80.6 Å². The van der Waals surface area contributed by atoms with E-state index in [1.54, 1.807) is 22.9 Å². The molecule has 1 aromatic heterocycles. The van der Waals surface area contributed by atoms with Crippen LogP contribution in [0.25, 0.3) is 0 Å². The fraction of sp³-hybridized carbons (Fsp3) is 0.333. The number of nitrogens with one attached hydrogen (secondary N) is 1. The second-order valence-corrected chi connectivity index (χ2v) is 2.79. The Kier molecular flexibility index (Phi) is 3.87. The van der Waals surface area contributed by atoms with Crippen molar-refractivity contribution in [1.82, 2.24) is 10.0 Å². The maximum absolute atomic E-state index is 11.4. The van der Waals surface area contributed by atoms with Gasteiger partial charge in [-0.25, -0.2) is 10.3 Å². The highest BCUT2D eigenvalue weighted by atomic mass is 16.7. The van der Waals surface area contributed by atoms with Gasteiger partial charge in [-0.3, -0.25) is 9.63 Å². The standard InChI is InChI=1S/C9H12N2O4/c1-2-11-5-3-4-7(11)9(14)10-15-6-8(12)13/h3-5H,2,6H2,1H3,(H,10,14)(H,12,13). The molecule has 0 unspecified atom stereocenters. The zero-order valence-electron chi connectivity index (χ0n) is 8.27. The number of rotatable bonds is 5. The number of carboxylic acid groups (broad SMARTS) is 1. The first-order valence-electron chi connectivity index (χ1n) is 4.44. The van der Waals surface area contributed by atoms with Crippen LogP contribution in [0.2, 0.25) is 0 Å². The Labute approximate surface area is 86.4 Å². The number of aryl methyl sites for hydroxylation is 1. The molecule has 0 aliphatic carbocycles. The van der Waals surface area contributed by atoms with Crippen LogP contribution in [0.4, 0.5) is 0 Å². The molecule has 1 amide bonds. The van der Waals surface area contributed by atoms with Gasteiger partial charge < -0.3 is 9.67 Å². The van der Waals surface area contributed by atoms with E-state index < -0.39 is 18.5 Å². The Bertz CT molecular complexity index is 359. The maximum atomic E-state index is 11.4. The third-order valence-electron chi connectivity index (χ3n) is 1.76. The summed E-state index contributed by atoms with van der Waals surface area (Å²) in [6.07, 6.45) is 1.76. The minimum atomic E-state index is -1.14. The van der Waals surface area contributed by atoms with Crippen LogP contribution in [-0.2, 0) is 16.2 Å². The van der Waals surface area contributed by atoms with E-state index in [1.165, 1.54) is 0 Å². The smallest absolute Gasteiger partial charge is 0.332 e. The van der Waals surface area contributed by atoms with Gasteiger partial charge in [0, 0.05) is 12.7 Å². The lowest BCUT2D eigenvalue weighted by molar-refractivity contribution is -0.144. The summed E-state index contributed by atoms with van der Waals surface area (Å²) in [4.78, 5) is 26.0. The van der Waals surface area contributed by atoms with Gasteiger partial charge in [0.15, 0.2) is 6.61 Å². The quantitative estimate of drug-likeness (QED) is 0.686. The van der Waals surface area contributed by atoms with Gasteiger partial charge in [-0.15, -0.1) is 0 Å². The van der Waals surface area contributed by atoms with Crippen LogP contribution in [-0.4, -0.2) is 28.2 Å². The molecule has 1 rings (SSSR count). The maximum Gasteiger partial charge on any atom is 0.332 e. The number of carboxylic acids is 1. The van der Waals surface area contributed by atoms with Gasteiger partial charge in [0.05, 0.1) is 0 Å². The molecule has 0 fully saturated rings. The first-order valence-corrected chi connectivity index (χ1v) is 4.44. The number of nitrogens with zero attached hydrogens (tertiary/aromatic N) is 1. The third-order valence-corrected chi connectivity index (χ3v) is 1.76. The molecule has 82 valence electrons. The average Bonchev–Trinajstić information content (AvgIpc) is 2.64. The second-order valence-electron chi connectivity index (χ2n) is 2.79. The van der Waals surface area contributed by atoms with Gasteiger partial charge in [-0.05, 0) is 19.1 Å². The van der Waals surface area contributed by atoms with Crippen LogP contribution in [0.3, 0.4) is 0 Å². The molecule has 0 aromatic carbocycles. The zero-order valence-corrected chi connectivity index (χ0v) is 8.27. The predicted octanol–water partition coefficient (Wildman–Crippen LogP) is 0.254. The van der Waals surface area contributed by atoms with Crippen molar-refractivity contribution in [3.05, 3.63) is 24.0 Å². The van der Waals surface area contributed by atoms with Gasteiger partial charge >= 0.3 is 5.97 Å². The van der Waals surface area contributed by atoms with Gasteiger partial charge in [-0.1, -0.05) is 0 Å². The monoisotopic (exact) mass is 212 g/mol. The SMILES string of the molecule is CCn1cccc1C(=O)NOCC(=O)O. The molecule has 6 heteroatoms. The Balaban J connectivity index is 2.50. The first-order chi connectivity index (χ1) is 7.15. The summed E-state index contributed by atoms with van der Waals surface area (Å²) in [6, 6.07) is 3.36. The number of carbonyl (C=O) groups is 2. The molecule has 0 saturated heterocycles. The molecule has 0 saturated carbocycles. The van der Waals surface area contributed by atoms with Crippen molar-refractivity contribution >= 4 is 11.9 Å². The Morgan fingerprint density at radius 1 is 1.60 bits per heavy atom. The number of aliphatic carboxylic acids is 1. The van der Waals surface area contributed by atoms with Crippen molar-refractivity contribution < 1.29 is 19.5 Å². The van der Waals surface area contributed by atoms with Gasteiger partial charge in [0.2, 0.25) is 0 Å². The van der Waals surface area contributed by atoms with Crippen LogP contribution in [0.1, 0.15) is 17.4 Å². The summed E-state index contributed by atoms with van der Waals surface area (Å²) in [5.74, 6) is -1.59. The van der Waals surface area contributed by atoms with Crippen LogP contribution < -0.4 is 5.48 Å². The first kappa shape index (κ1) is 11.3. The Hall–Kier alpha value is -1.82. The lowest BCUT2D eigenvalue weighted by Gasteiger charge is -2.06. The molecule has 0 atom stereocenters. The third kappa shape index (κ3) is 3.10. The van der Waals surface area contributed by atoms with Crippen molar-refractivity contribution in [2.75, 3.05) is 6.61 Å². The molecule has 1 heterocycles. The second kappa shape index (κ2) is 5.16. The van der Waals surface area contributed by atoms with E-state index in [1.807, 2.05) is 6.92 Å². The van der Waals surface area contributed by atoms with E-state index in [2.05, 4.69) is 10.3 Å². The molecular weight excluding hydrogens is 200 g/mol. The number of hydroxylamine groups is 1. The molecule has 0 bridgehead atoms. The van der Waals surface area contributed by atoms with Crippen LogP contribution >= 0.6 is 0 Å². The summed E-state index contributed by atoms with van der Waals surface area (Å²) in [7, 11) is 0. The van der Waals surface area contributed by atoms with Crippen molar-refractivity contribution in [3.63, 3.8) is 0 Å². The van der Waals surface area contributed by atoms with Crippen molar-refractivity contribution in [2.24, 2.45) is 0 Å². The molecule has 2 N–H and O–H groups in total. The number of aromatic nitrogens is 1. The largest absolute Gasteiger partial charge is 0.479 e. The van der Waals surface area contributed by atoms with E-state index in [0.29, 0.717) is 12.2 Å². The number of hydrogen-bond donors (Lipinski definition) is 2. The Morgan fingerprint density at radius 3 is 2.93 bits per heavy atom. The van der Waals surface area contributed by atoms with Gasteiger partial charge in [-0.2, -0.15) is 0 Å².